The van der Waals surface area contributed by atoms with Crippen molar-refractivity contribution in [2.75, 3.05) is 5.32 Å². The van der Waals surface area contributed by atoms with Crippen LogP contribution in [0.4, 0.5) is 11.4 Å². The van der Waals surface area contributed by atoms with E-state index in [2.05, 4.69) is 10.3 Å². The van der Waals surface area contributed by atoms with Crippen molar-refractivity contribution in [1.29, 1.82) is 0 Å². The average Bonchev–Trinajstić information content (AvgIpc) is 2.41. The molecule has 6 nitrogen and oxygen atoms in total. The van der Waals surface area contributed by atoms with Gasteiger partial charge in [0, 0.05) is 29.7 Å². The van der Waals surface area contributed by atoms with E-state index in [9.17, 15) is 14.9 Å². The van der Waals surface area contributed by atoms with E-state index in [1.54, 1.807) is 19.1 Å². The van der Waals surface area contributed by atoms with Crippen LogP contribution in [0.15, 0.2) is 36.7 Å². The highest BCUT2D eigenvalue weighted by atomic mass is 35.5. The third-order valence-electron chi connectivity index (χ3n) is 2.68. The molecule has 0 unspecified atom stereocenters. The maximum absolute atomic E-state index is 12.0. The van der Waals surface area contributed by atoms with E-state index in [0.29, 0.717) is 11.3 Å². The van der Waals surface area contributed by atoms with Gasteiger partial charge in [-0.25, -0.2) is 0 Å². The summed E-state index contributed by atoms with van der Waals surface area (Å²) >= 11 is 5.88. The lowest BCUT2D eigenvalue weighted by Gasteiger charge is -2.07. The number of rotatable bonds is 3. The lowest BCUT2D eigenvalue weighted by molar-refractivity contribution is -0.385. The highest BCUT2D eigenvalue weighted by Gasteiger charge is 2.14. The molecule has 0 aliphatic rings. The molecule has 0 bridgehead atoms. The Bertz CT molecular complexity index is 688. The Morgan fingerprint density at radius 2 is 2.15 bits per heavy atom. The smallest absolute Gasteiger partial charge is 0.274 e. The van der Waals surface area contributed by atoms with Crippen LogP contribution >= 0.6 is 11.6 Å². The third-order valence-corrected chi connectivity index (χ3v) is 3.01. The Labute approximate surface area is 119 Å². The second-order valence-electron chi connectivity index (χ2n) is 4.07. The van der Waals surface area contributed by atoms with Crippen LogP contribution in [0.25, 0.3) is 0 Å². The first kappa shape index (κ1) is 14.0. The van der Waals surface area contributed by atoms with Gasteiger partial charge in [0.2, 0.25) is 0 Å². The summed E-state index contributed by atoms with van der Waals surface area (Å²) in [5.74, 6) is -0.471. The van der Waals surface area contributed by atoms with E-state index < -0.39 is 10.8 Å². The molecule has 0 saturated heterocycles. The molecule has 1 aromatic heterocycles. The number of hydrogen-bond acceptors (Lipinski definition) is 4. The first-order chi connectivity index (χ1) is 9.49. The van der Waals surface area contributed by atoms with Gasteiger partial charge >= 0.3 is 0 Å². The molecule has 7 heteroatoms. The zero-order chi connectivity index (χ0) is 14.7. The predicted octanol–water partition coefficient (Wildman–Crippen LogP) is 3.20. The molecule has 102 valence electrons. The number of carbonyl (C=O) groups is 1. The number of nitrogens with one attached hydrogen (secondary N) is 1. The molecule has 1 amide bonds. The fourth-order valence-corrected chi connectivity index (χ4v) is 1.82. The molecule has 0 saturated carbocycles. The minimum absolute atomic E-state index is 0.0555. The second-order valence-corrected chi connectivity index (χ2v) is 4.48. The van der Waals surface area contributed by atoms with Crippen molar-refractivity contribution in [1.82, 2.24) is 4.98 Å². The normalized spacial score (nSPS) is 10.1. The van der Waals surface area contributed by atoms with Crippen LogP contribution in [-0.4, -0.2) is 15.8 Å². The van der Waals surface area contributed by atoms with Gasteiger partial charge in [0.1, 0.15) is 0 Å². The largest absolute Gasteiger partial charge is 0.322 e. The predicted molar refractivity (Wildman–Crippen MR) is 75.0 cm³/mol. The van der Waals surface area contributed by atoms with Gasteiger partial charge < -0.3 is 5.32 Å². The fourth-order valence-electron chi connectivity index (χ4n) is 1.63. The average molecular weight is 292 g/mol. The first-order valence-corrected chi connectivity index (χ1v) is 6.02. The Kier molecular flexibility index (Phi) is 3.95. The monoisotopic (exact) mass is 291 g/mol. The van der Waals surface area contributed by atoms with Crippen LogP contribution in [0.2, 0.25) is 5.02 Å². The van der Waals surface area contributed by atoms with Crippen LogP contribution < -0.4 is 5.32 Å². The molecule has 2 aromatic rings. The number of nitro groups is 1. The molecule has 0 atom stereocenters. The standard InChI is InChI=1S/C13H10ClN3O3/c1-8-2-3-9(6-12(8)17(19)20)16-13(18)10-7-15-5-4-11(10)14/h2-7H,1H3,(H,16,18). The van der Waals surface area contributed by atoms with Crippen molar-refractivity contribution >= 4 is 28.9 Å². The first-order valence-electron chi connectivity index (χ1n) is 5.65. The van der Waals surface area contributed by atoms with Gasteiger partial charge in [0.05, 0.1) is 15.5 Å². The minimum Gasteiger partial charge on any atom is -0.322 e. The SMILES string of the molecule is Cc1ccc(NC(=O)c2cnccc2Cl)cc1[N+](=O)[O-]. The molecule has 1 aromatic carbocycles. The molecule has 1 N–H and O–H groups in total. The summed E-state index contributed by atoms with van der Waals surface area (Å²) in [6.45, 7) is 1.63. The number of aromatic nitrogens is 1. The Balaban J connectivity index is 2.27. The number of aryl methyl sites for hydroxylation is 1. The molecule has 2 rings (SSSR count). The summed E-state index contributed by atoms with van der Waals surface area (Å²) in [6.07, 6.45) is 2.80. The minimum atomic E-state index is -0.498. The highest BCUT2D eigenvalue weighted by molar-refractivity contribution is 6.34. The fraction of sp³-hybridized carbons (Fsp3) is 0.0769. The molecule has 0 radical (unpaired) electrons. The summed E-state index contributed by atoms with van der Waals surface area (Å²) in [5.41, 5.74) is 0.997. The van der Waals surface area contributed by atoms with Gasteiger partial charge in [-0.05, 0) is 19.1 Å². The number of nitro benzene ring substituents is 1. The number of benzene rings is 1. The molecule has 0 aliphatic heterocycles. The number of halogens is 1. The van der Waals surface area contributed by atoms with E-state index in [1.165, 1.54) is 24.5 Å². The van der Waals surface area contributed by atoms with Crippen LogP contribution in [0.1, 0.15) is 15.9 Å². The van der Waals surface area contributed by atoms with E-state index in [-0.39, 0.29) is 16.3 Å². The second kappa shape index (κ2) is 5.66. The summed E-state index contributed by atoms with van der Waals surface area (Å²) in [5, 5.41) is 13.7. The summed E-state index contributed by atoms with van der Waals surface area (Å²) in [7, 11) is 0. The Morgan fingerprint density at radius 1 is 1.40 bits per heavy atom. The van der Waals surface area contributed by atoms with Crippen LogP contribution in [0.3, 0.4) is 0 Å². The zero-order valence-corrected chi connectivity index (χ0v) is 11.2. The molecule has 0 fully saturated rings. The summed E-state index contributed by atoms with van der Waals surface area (Å²) in [6, 6.07) is 5.95. The van der Waals surface area contributed by atoms with Crippen molar-refractivity contribution in [2.45, 2.75) is 6.92 Å². The molecule has 1 heterocycles. The molecule has 20 heavy (non-hydrogen) atoms. The number of nitrogens with zero attached hydrogens (tertiary/aromatic N) is 2. The lowest BCUT2D eigenvalue weighted by Crippen LogP contribution is -2.13. The molecule has 0 aliphatic carbocycles. The van der Waals surface area contributed by atoms with Gasteiger partial charge in [-0.2, -0.15) is 0 Å². The quantitative estimate of drug-likeness (QED) is 0.695. The van der Waals surface area contributed by atoms with Gasteiger partial charge in [0.25, 0.3) is 11.6 Å². The number of amides is 1. The van der Waals surface area contributed by atoms with Crippen LogP contribution in [0.5, 0.6) is 0 Å². The van der Waals surface area contributed by atoms with E-state index in [1.807, 2.05) is 0 Å². The summed E-state index contributed by atoms with van der Waals surface area (Å²) in [4.78, 5) is 26.2. The van der Waals surface area contributed by atoms with Gasteiger partial charge in [-0.15, -0.1) is 0 Å². The molecular weight excluding hydrogens is 282 g/mol. The van der Waals surface area contributed by atoms with Crippen molar-refractivity contribution < 1.29 is 9.72 Å². The number of anilines is 1. The summed E-state index contributed by atoms with van der Waals surface area (Å²) < 4.78 is 0. The molecule has 0 spiro atoms. The number of pyridine rings is 1. The maximum atomic E-state index is 12.0. The van der Waals surface area contributed by atoms with Gasteiger partial charge in [-0.3, -0.25) is 19.9 Å². The van der Waals surface area contributed by atoms with Crippen molar-refractivity contribution in [2.24, 2.45) is 0 Å². The molecular formula is C13H10ClN3O3. The van der Waals surface area contributed by atoms with E-state index in [0.717, 1.165) is 0 Å². The van der Waals surface area contributed by atoms with Crippen LogP contribution in [-0.2, 0) is 0 Å². The number of carbonyl (C=O) groups excluding carboxylic acids is 1. The van der Waals surface area contributed by atoms with Crippen molar-refractivity contribution in [3.05, 3.63) is 62.9 Å². The Morgan fingerprint density at radius 3 is 2.80 bits per heavy atom. The van der Waals surface area contributed by atoms with Gasteiger partial charge in [-0.1, -0.05) is 17.7 Å². The third kappa shape index (κ3) is 2.92. The van der Waals surface area contributed by atoms with Crippen LogP contribution in [0, 0.1) is 17.0 Å². The van der Waals surface area contributed by atoms with E-state index in [4.69, 9.17) is 11.6 Å². The zero-order valence-electron chi connectivity index (χ0n) is 10.5. The maximum Gasteiger partial charge on any atom is 0.274 e. The van der Waals surface area contributed by atoms with Crippen molar-refractivity contribution in [3.63, 3.8) is 0 Å². The highest BCUT2D eigenvalue weighted by Crippen LogP contribution is 2.23. The Hall–Kier alpha value is -2.47. The topological polar surface area (TPSA) is 85.1 Å². The van der Waals surface area contributed by atoms with Gasteiger partial charge in [0.15, 0.2) is 0 Å². The van der Waals surface area contributed by atoms with Crippen molar-refractivity contribution in [3.8, 4) is 0 Å². The van der Waals surface area contributed by atoms with E-state index >= 15 is 0 Å². The number of hydrogen-bond donors (Lipinski definition) is 1. The lowest BCUT2D eigenvalue weighted by atomic mass is 10.1.